The van der Waals surface area contributed by atoms with Crippen LogP contribution >= 0.6 is 11.3 Å². The van der Waals surface area contributed by atoms with Crippen molar-refractivity contribution in [2.45, 2.75) is 63.8 Å². The van der Waals surface area contributed by atoms with Gasteiger partial charge in [0.15, 0.2) is 0 Å². The smallest absolute Gasteiger partial charge is 0.223 e. The molecule has 1 aromatic rings. The number of nitrogens with one attached hydrogen (secondary N) is 1. The van der Waals surface area contributed by atoms with Gasteiger partial charge in [-0.15, -0.1) is 11.3 Å². The lowest BCUT2D eigenvalue weighted by Crippen LogP contribution is -2.30. The first kappa shape index (κ1) is 14.8. The van der Waals surface area contributed by atoms with Gasteiger partial charge in [0.25, 0.3) is 0 Å². The van der Waals surface area contributed by atoms with Crippen molar-refractivity contribution < 1.29 is 4.79 Å². The highest BCUT2D eigenvalue weighted by molar-refractivity contribution is 7.09. The Labute approximate surface area is 130 Å². The highest BCUT2D eigenvalue weighted by atomic mass is 32.1. The maximum Gasteiger partial charge on any atom is 0.223 e. The fourth-order valence-corrected chi connectivity index (χ4v) is 4.15. The van der Waals surface area contributed by atoms with Crippen LogP contribution < -0.4 is 5.32 Å². The summed E-state index contributed by atoms with van der Waals surface area (Å²) in [5.41, 5.74) is 1.25. The van der Waals surface area contributed by atoms with Crippen molar-refractivity contribution in [2.75, 3.05) is 0 Å². The van der Waals surface area contributed by atoms with Gasteiger partial charge in [-0.1, -0.05) is 31.4 Å². The van der Waals surface area contributed by atoms with Crippen molar-refractivity contribution in [1.29, 1.82) is 0 Å². The second kappa shape index (κ2) is 7.21. The van der Waals surface area contributed by atoms with Crippen LogP contribution in [0.4, 0.5) is 0 Å². The van der Waals surface area contributed by atoms with Crippen LogP contribution in [-0.2, 0) is 11.3 Å². The Kier molecular flexibility index (Phi) is 5.07. The summed E-state index contributed by atoms with van der Waals surface area (Å²) >= 11 is 1.69. The fraction of sp³-hybridized carbons (Fsp3) is 0.647. The molecule has 1 aromatic heterocycles. The summed E-state index contributed by atoms with van der Waals surface area (Å²) in [7, 11) is 0. The third kappa shape index (κ3) is 3.94. The molecule has 1 fully saturated rings. The van der Waals surface area contributed by atoms with Crippen molar-refractivity contribution in [3.63, 3.8) is 0 Å². The number of hydrogen-bond donors (Lipinski definition) is 1. The topological polar surface area (TPSA) is 42.0 Å². The van der Waals surface area contributed by atoms with E-state index in [-0.39, 0.29) is 11.8 Å². The van der Waals surface area contributed by atoms with Crippen LogP contribution in [0.25, 0.3) is 0 Å². The molecule has 1 unspecified atom stereocenters. The van der Waals surface area contributed by atoms with Gasteiger partial charge >= 0.3 is 0 Å². The Bertz CT molecular complexity index is 503. The molecule has 0 spiro atoms. The quantitative estimate of drug-likeness (QED) is 0.849. The lowest BCUT2D eigenvalue weighted by molar-refractivity contribution is -0.125. The van der Waals surface area contributed by atoms with Gasteiger partial charge in [-0.3, -0.25) is 4.79 Å². The van der Waals surface area contributed by atoms with Crippen LogP contribution in [-0.4, -0.2) is 10.9 Å². The largest absolute Gasteiger partial charge is 0.349 e. The van der Waals surface area contributed by atoms with Gasteiger partial charge in [0, 0.05) is 17.2 Å². The SMILES string of the molecule is O=C(NCc1nc(C2CCCCC2)cs1)C1CC=CCC1. The van der Waals surface area contributed by atoms with E-state index in [9.17, 15) is 4.79 Å². The van der Waals surface area contributed by atoms with Crippen molar-refractivity contribution in [3.05, 3.63) is 28.2 Å². The number of carbonyl (C=O) groups excluding carboxylic acids is 1. The maximum atomic E-state index is 12.1. The van der Waals surface area contributed by atoms with E-state index in [1.165, 1.54) is 37.8 Å². The zero-order chi connectivity index (χ0) is 14.5. The number of hydrogen-bond acceptors (Lipinski definition) is 3. The number of nitrogens with zero attached hydrogens (tertiary/aromatic N) is 1. The van der Waals surface area contributed by atoms with Crippen LogP contribution in [0.5, 0.6) is 0 Å². The zero-order valence-corrected chi connectivity index (χ0v) is 13.3. The highest BCUT2D eigenvalue weighted by Crippen LogP contribution is 2.33. The predicted molar refractivity (Wildman–Crippen MR) is 86.3 cm³/mol. The molecular weight excluding hydrogens is 280 g/mol. The van der Waals surface area contributed by atoms with Crippen LogP contribution in [0, 0.1) is 5.92 Å². The average molecular weight is 304 g/mol. The Morgan fingerprint density at radius 3 is 2.86 bits per heavy atom. The van der Waals surface area contributed by atoms with Gasteiger partial charge < -0.3 is 5.32 Å². The van der Waals surface area contributed by atoms with Crippen LogP contribution in [0.1, 0.15) is 68.0 Å². The first-order valence-corrected chi connectivity index (χ1v) is 9.08. The van der Waals surface area contributed by atoms with Gasteiger partial charge in [-0.25, -0.2) is 4.98 Å². The van der Waals surface area contributed by atoms with Gasteiger partial charge in [0.1, 0.15) is 5.01 Å². The molecule has 0 saturated heterocycles. The van der Waals surface area contributed by atoms with Crippen molar-refractivity contribution in [2.24, 2.45) is 5.92 Å². The first-order valence-electron chi connectivity index (χ1n) is 8.20. The van der Waals surface area contributed by atoms with Crippen molar-refractivity contribution >= 4 is 17.2 Å². The van der Waals surface area contributed by atoms with Crippen LogP contribution in [0.15, 0.2) is 17.5 Å². The Morgan fingerprint density at radius 2 is 2.10 bits per heavy atom. The fourth-order valence-electron chi connectivity index (χ4n) is 3.33. The van der Waals surface area contributed by atoms with E-state index in [1.54, 1.807) is 11.3 Å². The Hall–Kier alpha value is -1.16. The molecule has 1 atom stereocenters. The highest BCUT2D eigenvalue weighted by Gasteiger charge is 2.20. The van der Waals surface area contributed by atoms with Crippen LogP contribution in [0.2, 0.25) is 0 Å². The van der Waals surface area contributed by atoms with Gasteiger partial charge in [0.05, 0.1) is 12.2 Å². The summed E-state index contributed by atoms with van der Waals surface area (Å²) in [6.45, 7) is 0.594. The molecule has 2 aliphatic rings. The minimum Gasteiger partial charge on any atom is -0.349 e. The molecule has 2 aliphatic carbocycles. The molecule has 3 nitrogen and oxygen atoms in total. The molecule has 1 saturated carbocycles. The molecule has 114 valence electrons. The first-order chi connectivity index (χ1) is 10.3. The maximum absolute atomic E-state index is 12.1. The summed E-state index contributed by atoms with van der Waals surface area (Å²) < 4.78 is 0. The van der Waals surface area contributed by atoms with Gasteiger partial charge in [-0.05, 0) is 32.1 Å². The Balaban J connectivity index is 1.50. The average Bonchev–Trinajstić information content (AvgIpc) is 3.03. The van der Waals surface area contributed by atoms with Gasteiger partial charge in [-0.2, -0.15) is 0 Å². The molecule has 0 bridgehead atoms. The molecular formula is C17H24N2OS. The van der Waals surface area contributed by atoms with E-state index < -0.39 is 0 Å². The van der Waals surface area contributed by atoms with Crippen LogP contribution in [0.3, 0.4) is 0 Å². The van der Waals surface area contributed by atoms with E-state index in [2.05, 4.69) is 22.8 Å². The third-order valence-corrected chi connectivity index (χ3v) is 5.51. The van der Waals surface area contributed by atoms with E-state index in [0.717, 1.165) is 24.3 Å². The van der Waals surface area contributed by atoms with E-state index in [0.29, 0.717) is 12.5 Å². The molecule has 21 heavy (non-hydrogen) atoms. The number of aromatic nitrogens is 1. The molecule has 0 aliphatic heterocycles. The normalized spacial score (nSPS) is 23.1. The molecule has 1 N–H and O–H groups in total. The Morgan fingerprint density at radius 1 is 1.24 bits per heavy atom. The predicted octanol–water partition coefficient (Wildman–Crippen LogP) is 4.16. The van der Waals surface area contributed by atoms with Gasteiger partial charge in [0.2, 0.25) is 5.91 Å². The lowest BCUT2D eigenvalue weighted by Gasteiger charge is -2.19. The number of thiazole rings is 1. The molecule has 0 radical (unpaired) electrons. The minimum atomic E-state index is 0.160. The summed E-state index contributed by atoms with van der Waals surface area (Å²) in [4.78, 5) is 16.9. The third-order valence-electron chi connectivity index (χ3n) is 4.65. The minimum absolute atomic E-state index is 0.160. The van der Waals surface area contributed by atoms with E-state index in [1.807, 2.05) is 0 Å². The summed E-state index contributed by atoms with van der Waals surface area (Å²) in [5.74, 6) is 1.00. The number of rotatable bonds is 4. The van der Waals surface area contributed by atoms with E-state index >= 15 is 0 Å². The number of allylic oxidation sites excluding steroid dienone is 2. The summed E-state index contributed by atoms with van der Waals surface area (Å²) in [6, 6.07) is 0. The lowest BCUT2D eigenvalue weighted by atomic mass is 9.87. The molecule has 1 heterocycles. The second-order valence-corrected chi connectivity index (χ2v) is 7.14. The molecule has 4 heteroatoms. The van der Waals surface area contributed by atoms with E-state index in [4.69, 9.17) is 4.98 Å². The number of amides is 1. The molecule has 1 amide bonds. The molecule has 3 rings (SSSR count). The number of carbonyl (C=O) groups is 1. The van der Waals surface area contributed by atoms with Crippen molar-refractivity contribution in [1.82, 2.24) is 10.3 Å². The summed E-state index contributed by atoms with van der Waals surface area (Å²) in [6.07, 6.45) is 13.8. The monoisotopic (exact) mass is 304 g/mol. The second-order valence-electron chi connectivity index (χ2n) is 6.20. The standard InChI is InChI=1S/C17H24N2OS/c20-17(14-9-5-2-6-10-14)18-11-16-19-15(12-21-16)13-7-3-1-4-8-13/h2,5,12-14H,1,3-4,6-11H2,(H,18,20). The summed E-state index contributed by atoms with van der Waals surface area (Å²) in [5, 5.41) is 6.31. The molecule has 0 aromatic carbocycles. The van der Waals surface area contributed by atoms with Crippen molar-refractivity contribution in [3.8, 4) is 0 Å². The zero-order valence-electron chi connectivity index (χ0n) is 12.5.